The van der Waals surface area contributed by atoms with Gasteiger partial charge in [0.1, 0.15) is 0 Å². The fourth-order valence-electron chi connectivity index (χ4n) is 2.39. The van der Waals surface area contributed by atoms with Gasteiger partial charge in [0.15, 0.2) is 0 Å². The molecule has 0 aromatic rings. The number of rotatable bonds is 5. The Morgan fingerprint density at radius 3 is 2.44 bits per heavy atom. The summed E-state index contributed by atoms with van der Waals surface area (Å²) in [5, 5.41) is 3.04. The lowest BCUT2D eigenvalue weighted by molar-refractivity contribution is -0.124. The molecule has 0 aliphatic heterocycles. The Labute approximate surface area is 118 Å². The molecule has 0 radical (unpaired) electrons. The van der Waals surface area contributed by atoms with E-state index in [1.807, 2.05) is 0 Å². The Morgan fingerprint density at radius 2 is 1.94 bits per heavy atom. The molecule has 2 unspecified atom stereocenters. The molecule has 1 aliphatic carbocycles. The third-order valence-corrected chi connectivity index (χ3v) is 3.50. The van der Waals surface area contributed by atoms with Crippen LogP contribution in [0.15, 0.2) is 0 Å². The van der Waals surface area contributed by atoms with Gasteiger partial charge >= 0.3 is 0 Å². The topological polar surface area (TPSA) is 55.1 Å². The van der Waals surface area contributed by atoms with Crippen molar-refractivity contribution in [3.8, 4) is 0 Å². The van der Waals surface area contributed by atoms with Crippen LogP contribution in [0.1, 0.15) is 59.3 Å². The lowest BCUT2D eigenvalue weighted by Crippen LogP contribution is -2.31. The largest absolute Gasteiger partial charge is 0.356 e. The van der Waals surface area contributed by atoms with Crippen LogP contribution in [0, 0.1) is 11.3 Å². The highest BCUT2D eigenvalue weighted by Crippen LogP contribution is 2.24. The van der Waals surface area contributed by atoms with E-state index in [4.69, 9.17) is 5.73 Å². The highest BCUT2D eigenvalue weighted by atomic mass is 35.5. The van der Waals surface area contributed by atoms with E-state index < -0.39 is 0 Å². The summed E-state index contributed by atoms with van der Waals surface area (Å²) >= 11 is 0. The third kappa shape index (κ3) is 7.22. The van der Waals surface area contributed by atoms with E-state index in [2.05, 4.69) is 26.1 Å². The first kappa shape index (κ1) is 17.7. The summed E-state index contributed by atoms with van der Waals surface area (Å²) in [6.07, 6.45) is 6.33. The second kappa shape index (κ2) is 8.00. The molecule has 2 atom stereocenters. The van der Waals surface area contributed by atoms with Crippen molar-refractivity contribution in [2.75, 3.05) is 6.54 Å². The molecule has 108 valence electrons. The maximum Gasteiger partial charge on any atom is 0.223 e. The van der Waals surface area contributed by atoms with Crippen LogP contribution in [-0.4, -0.2) is 18.5 Å². The highest BCUT2D eigenvalue weighted by molar-refractivity contribution is 5.85. The first-order valence-corrected chi connectivity index (χ1v) is 6.92. The van der Waals surface area contributed by atoms with Gasteiger partial charge in [-0.25, -0.2) is 0 Å². The minimum Gasteiger partial charge on any atom is -0.356 e. The lowest BCUT2D eigenvalue weighted by atomic mass is 9.90. The van der Waals surface area contributed by atoms with E-state index in [9.17, 15) is 4.79 Å². The molecule has 0 spiro atoms. The number of halogens is 1. The van der Waals surface area contributed by atoms with Crippen molar-refractivity contribution in [2.45, 2.75) is 65.3 Å². The molecule has 1 rings (SSSR count). The van der Waals surface area contributed by atoms with Crippen LogP contribution in [0.2, 0.25) is 0 Å². The molecular formula is C14H29ClN2O. The number of carbonyl (C=O) groups excluding carboxylic acids is 1. The summed E-state index contributed by atoms with van der Waals surface area (Å²) in [4.78, 5) is 11.8. The summed E-state index contributed by atoms with van der Waals surface area (Å²) in [6.45, 7) is 7.59. The average molecular weight is 277 g/mol. The zero-order chi connectivity index (χ0) is 12.9. The molecule has 3 N–H and O–H groups in total. The van der Waals surface area contributed by atoms with Gasteiger partial charge in [0.25, 0.3) is 0 Å². The van der Waals surface area contributed by atoms with Crippen LogP contribution in [-0.2, 0) is 4.79 Å². The molecule has 1 saturated carbocycles. The van der Waals surface area contributed by atoms with Gasteiger partial charge in [0.2, 0.25) is 5.91 Å². The fourth-order valence-corrected chi connectivity index (χ4v) is 2.39. The Hall–Kier alpha value is -0.280. The van der Waals surface area contributed by atoms with E-state index >= 15 is 0 Å². The number of hydrogen-bond acceptors (Lipinski definition) is 2. The van der Waals surface area contributed by atoms with Crippen LogP contribution in [0.3, 0.4) is 0 Å². The second-order valence-corrected chi connectivity index (χ2v) is 6.58. The maximum atomic E-state index is 11.8. The predicted molar refractivity (Wildman–Crippen MR) is 78.9 cm³/mol. The Bertz CT molecular complexity index is 251. The van der Waals surface area contributed by atoms with Gasteiger partial charge in [0, 0.05) is 18.5 Å². The summed E-state index contributed by atoms with van der Waals surface area (Å²) in [5.74, 6) is 0.390. The van der Waals surface area contributed by atoms with Crippen molar-refractivity contribution in [3.63, 3.8) is 0 Å². The van der Waals surface area contributed by atoms with Crippen molar-refractivity contribution in [1.82, 2.24) is 5.32 Å². The van der Waals surface area contributed by atoms with Gasteiger partial charge in [-0.3, -0.25) is 4.79 Å². The molecule has 0 aromatic heterocycles. The van der Waals surface area contributed by atoms with E-state index in [1.54, 1.807) is 0 Å². The Balaban J connectivity index is 0.00000289. The van der Waals surface area contributed by atoms with Crippen molar-refractivity contribution >= 4 is 18.3 Å². The molecule has 0 bridgehead atoms. The molecule has 1 fully saturated rings. The Kier molecular flexibility index (Phi) is 7.88. The second-order valence-electron chi connectivity index (χ2n) is 6.58. The van der Waals surface area contributed by atoms with Gasteiger partial charge in [0.05, 0.1) is 0 Å². The molecular weight excluding hydrogens is 248 g/mol. The van der Waals surface area contributed by atoms with Crippen LogP contribution in [0.4, 0.5) is 0 Å². The number of carbonyl (C=O) groups is 1. The van der Waals surface area contributed by atoms with Gasteiger partial charge in [-0.1, -0.05) is 27.2 Å². The zero-order valence-corrected chi connectivity index (χ0v) is 12.8. The normalized spacial score (nSPS) is 23.6. The van der Waals surface area contributed by atoms with Crippen molar-refractivity contribution in [3.05, 3.63) is 0 Å². The smallest absolute Gasteiger partial charge is 0.223 e. The highest BCUT2D eigenvalue weighted by Gasteiger charge is 2.27. The van der Waals surface area contributed by atoms with Crippen molar-refractivity contribution in [1.29, 1.82) is 0 Å². The van der Waals surface area contributed by atoms with Crippen molar-refractivity contribution in [2.24, 2.45) is 17.1 Å². The summed E-state index contributed by atoms with van der Waals surface area (Å²) in [6, 6.07) is 0.242. The maximum absolute atomic E-state index is 11.8. The van der Waals surface area contributed by atoms with E-state index in [1.165, 1.54) is 12.8 Å². The number of nitrogens with two attached hydrogens (primary N) is 1. The molecule has 3 nitrogen and oxygen atoms in total. The van der Waals surface area contributed by atoms with E-state index in [0.29, 0.717) is 5.41 Å². The van der Waals surface area contributed by atoms with Crippen LogP contribution in [0.25, 0.3) is 0 Å². The Morgan fingerprint density at radius 1 is 1.28 bits per heavy atom. The zero-order valence-electron chi connectivity index (χ0n) is 12.0. The minimum atomic E-state index is 0. The molecule has 4 heteroatoms. The summed E-state index contributed by atoms with van der Waals surface area (Å²) in [5.41, 5.74) is 6.21. The molecule has 18 heavy (non-hydrogen) atoms. The van der Waals surface area contributed by atoms with Crippen LogP contribution >= 0.6 is 12.4 Å². The number of nitrogens with one attached hydrogen (secondary N) is 1. The van der Waals surface area contributed by atoms with Crippen molar-refractivity contribution < 1.29 is 4.79 Å². The van der Waals surface area contributed by atoms with E-state index in [-0.39, 0.29) is 30.3 Å². The molecule has 0 heterocycles. The number of unbranched alkanes of at least 4 members (excludes halogenated alkanes) is 1. The van der Waals surface area contributed by atoms with Gasteiger partial charge in [-0.15, -0.1) is 12.4 Å². The fraction of sp³-hybridized carbons (Fsp3) is 0.929. The van der Waals surface area contributed by atoms with Gasteiger partial charge in [-0.2, -0.15) is 0 Å². The third-order valence-electron chi connectivity index (χ3n) is 3.50. The summed E-state index contributed by atoms with van der Waals surface area (Å²) in [7, 11) is 0. The SMILES string of the molecule is CC(C)(C)CCCCNC(=O)C1CCC(N)C1.Cl. The van der Waals surface area contributed by atoms with Gasteiger partial charge < -0.3 is 11.1 Å². The minimum absolute atomic E-state index is 0. The van der Waals surface area contributed by atoms with Crippen LogP contribution < -0.4 is 11.1 Å². The number of amides is 1. The quantitative estimate of drug-likeness (QED) is 0.759. The first-order chi connectivity index (χ1) is 7.88. The van der Waals surface area contributed by atoms with Crippen LogP contribution in [0.5, 0.6) is 0 Å². The molecule has 0 aromatic carbocycles. The first-order valence-electron chi connectivity index (χ1n) is 6.92. The predicted octanol–water partition coefficient (Wildman–Crippen LogP) is 2.87. The molecule has 0 saturated heterocycles. The average Bonchev–Trinajstić information content (AvgIpc) is 2.62. The summed E-state index contributed by atoms with van der Waals surface area (Å²) < 4.78 is 0. The number of hydrogen-bond donors (Lipinski definition) is 2. The van der Waals surface area contributed by atoms with E-state index in [0.717, 1.165) is 32.2 Å². The molecule has 1 amide bonds. The van der Waals surface area contributed by atoms with Gasteiger partial charge in [-0.05, 0) is 37.5 Å². The monoisotopic (exact) mass is 276 g/mol. The standard InChI is InChI=1S/C14H28N2O.ClH/c1-14(2,3)8-4-5-9-16-13(17)11-6-7-12(15)10-11;/h11-12H,4-10,15H2,1-3H3,(H,16,17);1H. The lowest BCUT2D eigenvalue weighted by Gasteiger charge is -2.17. The molecule has 1 aliphatic rings.